The van der Waals surface area contributed by atoms with Crippen LogP contribution in [0.2, 0.25) is 0 Å². The number of nitrogens with one attached hydrogen (secondary N) is 1. The molecule has 2 nitrogen and oxygen atoms in total. The maximum Gasteiger partial charge on any atom is 0.261 e. The number of aryl methyl sites for hydroxylation is 2. The third-order valence-corrected chi connectivity index (χ3v) is 3.18. The summed E-state index contributed by atoms with van der Waals surface area (Å²) in [6.45, 7) is 6.89. The van der Waals surface area contributed by atoms with E-state index in [2.05, 4.69) is 37.4 Å². The molecule has 1 rings (SSSR count). The lowest BCUT2D eigenvalue weighted by Gasteiger charge is -2.19. The van der Waals surface area contributed by atoms with Gasteiger partial charge in [-0.25, -0.2) is 8.78 Å². The fourth-order valence-electron chi connectivity index (χ4n) is 1.99. The molecule has 0 aliphatic heterocycles. The zero-order valence-corrected chi connectivity index (χ0v) is 11.9. The molecule has 1 unspecified atom stereocenters. The zero-order chi connectivity index (χ0) is 14.3. The standard InChI is InChI=1S/C15H23F2NO/c1-4-18-14(7-8-19-10-15(16)17)13-6-5-11(2)12(3)9-13/h5-6,9,14-15,18H,4,7-8,10H2,1-3H3. The van der Waals surface area contributed by atoms with E-state index in [0.29, 0.717) is 13.0 Å². The highest BCUT2D eigenvalue weighted by Crippen LogP contribution is 2.20. The van der Waals surface area contributed by atoms with Gasteiger partial charge in [-0.1, -0.05) is 25.1 Å². The van der Waals surface area contributed by atoms with Gasteiger partial charge in [-0.2, -0.15) is 0 Å². The summed E-state index contributed by atoms with van der Waals surface area (Å²) in [5.41, 5.74) is 3.69. The predicted molar refractivity (Wildman–Crippen MR) is 73.8 cm³/mol. The Morgan fingerprint density at radius 1 is 1.21 bits per heavy atom. The van der Waals surface area contributed by atoms with Gasteiger partial charge in [0, 0.05) is 12.6 Å². The SMILES string of the molecule is CCNC(CCOCC(F)F)c1ccc(C)c(C)c1. The number of ether oxygens (including phenoxy) is 1. The minimum atomic E-state index is -2.39. The Labute approximate surface area is 114 Å². The summed E-state index contributed by atoms with van der Waals surface area (Å²) in [6, 6.07) is 6.48. The van der Waals surface area contributed by atoms with Gasteiger partial charge in [0.1, 0.15) is 6.61 Å². The summed E-state index contributed by atoms with van der Waals surface area (Å²) in [4.78, 5) is 0. The Balaban J connectivity index is 2.58. The van der Waals surface area contributed by atoms with Gasteiger partial charge >= 0.3 is 0 Å². The van der Waals surface area contributed by atoms with Gasteiger partial charge in [0.2, 0.25) is 0 Å². The first-order valence-corrected chi connectivity index (χ1v) is 6.71. The summed E-state index contributed by atoms with van der Waals surface area (Å²) in [6.07, 6.45) is -1.69. The summed E-state index contributed by atoms with van der Waals surface area (Å²) in [5, 5.41) is 3.37. The molecule has 0 saturated carbocycles. The Morgan fingerprint density at radius 3 is 2.53 bits per heavy atom. The third kappa shape index (κ3) is 5.66. The molecule has 1 N–H and O–H groups in total. The number of halogens is 2. The van der Waals surface area contributed by atoms with Crippen LogP contribution in [0.5, 0.6) is 0 Å². The van der Waals surface area contributed by atoms with E-state index in [1.54, 1.807) is 0 Å². The second-order valence-electron chi connectivity index (χ2n) is 4.71. The van der Waals surface area contributed by atoms with Crippen LogP contribution in [-0.2, 0) is 4.74 Å². The van der Waals surface area contributed by atoms with E-state index < -0.39 is 13.0 Å². The lowest BCUT2D eigenvalue weighted by Crippen LogP contribution is -2.23. The van der Waals surface area contributed by atoms with Crippen molar-refractivity contribution in [1.29, 1.82) is 0 Å². The van der Waals surface area contributed by atoms with Crippen LogP contribution in [0.4, 0.5) is 8.78 Å². The van der Waals surface area contributed by atoms with Gasteiger partial charge in [-0.15, -0.1) is 0 Å². The molecule has 0 aliphatic carbocycles. The first-order valence-electron chi connectivity index (χ1n) is 6.71. The topological polar surface area (TPSA) is 21.3 Å². The van der Waals surface area contributed by atoms with Crippen LogP contribution in [0.25, 0.3) is 0 Å². The van der Waals surface area contributed by atoms with Crippen LogP contribution in [0, 0.1) is 13.8 Å². The zero-order valence-electron chi connectivity index (χ0n) is 11.9. The molecule has 0 spiro atoms. The van der Waals surface area contributed by atoms with E-state index in [1.807, 2.05) is 6.92 Å². The van der Waals surface area contributed by atoms with Crippen molar-refractivity contribution in [2.45, 2.75) is 39.7 Å². The van der Waals surface area contributed by atoms with Crippen LogP contribution in [0.3, 0.4) is 0 Å². The van der Waals surface area contributed by atoms with Crippen molar-refractivity contribution < 1.29 is 13.5 Å². The van der Waals surface area contributed by atoms with E-state index in [1.165, 1.54) is 16.7 Å². The van der Waals surface area contributed by atoms with Gasteiger partial charge in [0.05, 0.1) is 0 Å². The second-order valence-corrected chi connectivity index (χ2v) is 4.71. The molecule has 1 aromatic rings. The molecular formula is C15H23F2NO. The molecular weight excluding hydrogens is 248 g/mol. The minimum Gasteiger partial charge on any atom is -0.375 e. The normalized spacial score (nSPS) is 12.9. The molecule has 19 heavy (non-hydrogen) atoms. The quantitative estimate of drug-likeness (QED) is 0.729. The summed E-state index contributed by atoms with van der Waals surface area (Å²) in [5.74, 6) is 0. The Kier molecular flexibility index (Phi) is 6.95. The lowest BCUT2D eigenvalue weighted by molar-refractivity contribution is 0.0144. The van der Waals surface area contributed by atoms with Crippen molar-refractivity contribution in [1.82, 2.24) is 5.32 Å². The van der Waals surface area contributed by atoms with Gasteiger partial charge in [0.15, 0.2) is 0 Å². The molecule has 108 valence electrons. The number of hydrogen-bond donors (Lipinski definition) is 1. The highest BCUT2D eigenvalue weighted by atomic mass is 19.3. The molecule has 4 heteroatoms. The molecule has 1 aromatic carbocycles. The molecule has 0 aromatic heterocycles. The first kappa shape index (κ1) is 16.1. The van der Waals surface area contributed by atoms with Crippen molar-refractivity contribution in [2.75, 3.05) is 19.8 Å². The van der Waals surface area contributed by atoms with Gasteiger partial charge in [0.25, 0.3) is 6.43 Å². The minimum absolute atomic E-state index is 0.155. The fraction of sp³-hybridized carbons (Fsp3) is 0.600. The van der Waals surface area contributed by atoms with Crippen LogP contribution < -0.4 is 5.32 Å². The Morgan fingerprint density at radius 2 is 1.95 bits per heavy atom. The average molecular weight is 271 g/mol. The van der Waals surface area contributed by atoms with E-state index in [4.69, 9.17) is 4.74 Å². The fourth-order valence-corrected chi connectivity index (χ4v) is 1.99. The van der Waals surface area contributed by atoms with Crippen molar-refractivity contribution in [3.8, 4) is 0 Å². The Hall–Kier alpha value is -1.00. The second kappa shape index (κ2) is 8.23. The lowest BCUT2D eigenvalue weighted by atomic mass is 9.99. The van der Waals surface area contributed by atoms with E-state index >= 15 is 0 Å². The van der Waals surface area contributed by atoms with E-state index in [-0.39, 0.29) is 6.04 Å². The van der Waals surface area contributed by atoms with Gasteiger partial charge in [-0.05, 0) is 43.5 Å². The summed E-state index contributed by atoms with van der Waals surface area (Å²) < 4.78 is 28.9. The molecule has 0 fully saturated rings. The maximum absolute atomic E-state index is 12.0. The number of alkyl halides is 2. The first-order chi connectivity index (χ1) is 9.04. The molecule has 0 heterocycles. The Bertz CT molecular complexity index is 382. The number of hydrogen-bond acceptors (Lipinski definition) is 2. The number of benzene rings is 1. The van der Waals surface area contributed by atoms with E-state index in [0.717, 1.165) is 6.54 Å². The smallest absolute Gasteiger partial charge is 0.261 e. The monoisotopic (exact) mass is 271 g/mol. The summed E-state index contributed by atoms with van der Waals surface area (Å²) >= 11 is 0. The maximum atomic E-state index is 12.0. The molecule has 0 radical (unpaired) electrons. The van der Waals surface area contributed by atoms with Crippen LogP contribution in [0.1, 0.15) is 36.1 Å². The molecule has 0 amide bonds. The predicted octanol–water partition coefficient (Wildman–Crippen LogP) is 3.63. The van der Waals surface area contributed by atoms with Crippen molar-refractivity contribution in [3.63, 3.8) is 0 Å². The highest BCUT2D eigenvalue weighted by Gasteiger charge is 2.11. The average Bonchev–Trinajstić information content (AvgIpc) is 2.36. The van der Waals surface area contributed by atoms with Crippen molar-refractivity contribution in [2.24, 2.45) is 0 Å². The van der Waals surface area contributed by atoms with Gasteiger partial charge in [-0.3, -0.25) is 0 Å². The van der Waals surface area contributed by atoms with Crippen molar-refractivity contribution >= 4 is 0 Å². The molecule has 0 saturated heterocycles. The summed E-state index contributed by atoms with van der Waals surface area (Å²) in [7, 11) is 0. The molecule has 1 atom stereocenters. The highest BCUT2D eigenvalue weighted by molar-refractivity contribution is 5.31. The van der Waals surface area contributed by atoms with Crippen LogP contribution in [0.15, 0.2) is 18.2 Å². The van der Waals surface area contributed by atoms with E-state index in [9.17, 15) is 8.78 Å². The van der Waals surface area contributed by atoms with Crippen molar-refractivity contribution in [3.05, 3.63) is 34.9 Å². The van der Waals surface area contributed by atoms with Crippen LogP contribution in [-0.4, -0.2) is 26.2 Å². The third-order valence-electron chi connectivity index (χ3n) is 3.18. The van der Waals surface area contributed by atoms with Crippen LogP contribution >= 0.6 is 0 Å². The molecule has 0 aliphatic rings. The largest absolute Gasteiger partial charge is 0.375 e. The molecule has 0 bridgehead atoms. The van der Waals surface area contributed by atoms with Gasteiger partial charge < -0.3 is 10.1 Å². The number of rotatable bonds is 8.